The Morgan fingerprint density at radius 2 is 1.76 bits per heavy atom. The lowest BCUT2D eigenvalue weighted by Gasteiger charge is -2.22. The van der Waals surface area contributed by atoms with E-state index >= 15 is 0 Å². The lowest BCUT2D eigenvalue weighted by atomic mass is 9.92. The van der Waals surface area contributed by atoms with Gasteiger partial charge in [0, 0.05) is 6.04 Å². The quantitative estimate of drug-likeness (QED) is 0.843. The average molecular weight is 285 g/mol. The van der Waals surface area contributed by atoms with Crippen LogP contribution in [0.15, 0.2) is 36.4 Å². The molecule has 2 rings (SSSR count). The standard InChI is InChI=1S/C19H24FN/c1-5-21-19(18-9-8-17(20)11-15(18)4)12-16-10-13(2)6-7-14(16)3/h6-11,19,21H,5,12H2,1-4H3. The van der Waals surface area contributed by atoms with Crippen LogP contribution in [-0.4, -0.2) is 6.54 Å². The fraction of sp³-hybridized carbons (Fsp3) is 0.368. The molecule has 1 N–H and O–H groups in total. The Hall–Kier alpha value is -1.67. The van der Waals surface area contributed by atoms with Gasteiger partial charge in [0.1, 0.15) is 5.82 Å². The molecule has 0 aliphatic heterocycles. The fourth-order valence-electron chi connectivity index (χ4n) is 2.81. The molecule has 0 fully saturated rings. The Bertz CT molecular complexity index is 619. The maximum Gasteiger partial charge on any atom is 0.123 e. The van der Waals surface area contributed by atoms with Crippen LogP contribution < -0.4 is 5.32 Å². The third kappa shape index (κ3) is 3.92. The number of nitrogens with one attached hydrogen (secondary N) is 1. The van der Waals surface area contributed by atoms with Crippen LogP contribution in [0.5, 0.6) is 0 Å². The van der Waals surface area contributed by atoms with E-state index < -0.39 is 0 Å². The molecular weight excluding hydrogens is 261 g/mol. The highest BCUT2D eigenvalue weighted by Crippen LogP contribution is 2.24. The van der Waals surface area contributed by atoms with Crippen molar-refractivity contribution in [1.82, 2.24) is 5.32 Å². The SMILES string of the molecule is CCNC(Cc1cc(C)ccc1C)c1ccc(F)cc1C. The van der Waals surface area contributed by atoms with Gasteiger partial charge < -0.3 is 5.32 Å². The minimum atomic E-state index is -0.168. The highest BCUT2D eigenvalue weighted by atomic mass is 19.1. The molecule has 2 aromatic carbocycles. The predicted molar refractivity (Wildman–Crippen MR) is 87.2 cm³/mol. The molecule has 21 heavy (non-hydrogen) atoms. The van der Waals surface area contributed by atoms with Gasteiger partial charge in [-0.25, -0.2) is 4.39 Å². The first-order chi connectivity index (χ1) is 10.0. The topological polar surface area (TPSA) is 12.0 Å². The maximum absolute atomic E-state index is 13.3. The van der Waals surface area contributed by atoms with E-state index in [0.717, 1.165) is 18.5 Å². The van der Waals surface area contributed by atoms with Crippen molar-refractivity contribution in [3.63, 3.8) is 0 Å². The molecule has 0 radical (unpaired) electrons. The number of halogens is 1. The summed E-state index contributed by atoms with van der Waals surface area (Å²) in [7, 11) is 0. The molecule has 2 aromatic rings. The maximum atomic E-state index is 13.3. The Kier molecular flexibility index (Phi) is 5.13. The zero-order valence-corrected chi connectivity index (χ0v) is 13.3. The second-order valence-corrected chi connectivity index (χ2v) is 5.75. The third-order valence-corrected chi connectivity index (χ3v) is 3.99. The Balaban J connectivity index is 2.32. The third-order valence-electron chi connectivity index (χ3n) is 3.99. The van der Waals surface area contributed by atoms with Crippen LogP contribution in [0, 0.1) is 26.6 Å². The minimum absolute atomic E-state index is 0.168. The molecule has 0 aliphatic carbocycles. The summed E-state index contributed by atoms with van der Waals surface area (Å²) in [5.74, 6) is -0.168. The second kappa shape index (κ2) is 6.86. The average Bonchev–Trinajstić information content (AvgIpc) is 2.42. The molecule has 0 heterocycles. The molecule has 0 saturated heterocycles. The van der Waals surface area contributed by atoms with Crippen LogP contribution >= 0.6 is 0 Å². The Labute approximate surface area is 127 Å². The molecule has 0 spiro atoms. The van der Waals surface area contributed by atoms with Crippen LogP contribution in [0.25, 0.3) is 0 Å². The van der Waals surface area contributed by atoms with Gasteiger partial charge in [-0.1, -0.05) is 36.8 Å². The molecular formula is C19H24FN. The predicted octanol–water partition coefficient (Wildman–Crippen LogP) is 4.64. The van der Waals surface area contributed by atoms with Gasteiger partial charge in [0.15, 0.2) is 0 Å². The summed E-state index contributed by atoms with van der Waals surface area (Å²) in [6.07, 6.45) is 0.924. The molecule has 0 aliphatic rings. The van der Waals surface area contributed by atoms with Crippen molar-refractivity contribution < 1.29 is 4.39 Å². The highest BCUT2D eigenvalue weighted by Gasteiger charge is 2.15. The van der Waals surface area contributed by atoms with E-state index in [-0.39, 0.29) is 11.9 Å². The molecule has 1 nitrogen and oxygen atoms in total. The smallest absolute Gasteiger partial charge is 0.123 e. The van der Waals surface area contributed by atoms with E-state index in [1.807, 2.05) is 13.0 Å². The van der Waals surface area contributed by atoms with Crippen molar-refractivity contribution in [1.29, 1.82) is 0 Å². The van der Waals surface area contributed by atoms with Crippen LogP contribution in [0.1, 0.15) is 40.8 Å². The van der Waals surface area contributed by atoms with Gasteiger partial charge in [0.25, 0.3) is 0 Å². The van der Waals surface area contributed by atoms with Crippen LogP contribution in [0.4, 0.5) is 4.39 Å². The van der Waals surface area contributed by atoms with Crippen LogP contribution in [-0.2, 0) is 6.42 Å². The van der Waals surface area contributed by atoms with E-state index in [2.05, 4.69) is 44.3 Å². The van der Waals surface area contributed by atoms with E-state index in [4.69, 9.17) is 0 Å². The first-order valence-corrected chi connectivity index (χ1v) is 7.56. The number of rotatable bonds is 5. The first-order valence-electron chi connectivity index (χ1n) is 7.56. The van der Waals surface area contributed by atoms with Gasteiger partial charge in [0.2, 0.25) is 0 Å². The largest absolute Gasteiger partial charge is 0.310 e. The van der Waals surface area contributed by atoms with Gasteiger partial charge in [0.05, 0.1) is 0 Å². The van der Waals surface area contributed by atoms with Crippen LogP contribution in [0.2, 0.25) is 0 Å². The monoisotopic (exact) mass is 285 g/mol. The Morgan fingerprint density at radius 3 is 2.43 bits per heavy atom. The molecule has 1 atom stereocenters. The molecule has 112 valence electrons. The molecule has 0 bridgehead atoms. The van der Waals surface area contributed by atoms with Crippen molar-refractivity contribution in [3.8, 4) is 0 Å². The first kappa shape index (κ1) is 15.7. The van der Waals surface area contributed by atoms with E-state index in [0.29, 0.717) is 0 Å². The van der Waals surface area contributed by atoms with Crippen molar-refractivity contribution in [2.75, 3.05) is 6.54 Å². The zero-order valence-electron chi connectivity index (χ0n) is 13.3. The zero-order chi connectivity index (χ0) is 15.4. The van der Waals surface area contributed by atoms with Gasteiger partial charge >= 0.3 is 0 Å². The number of hydrogen-bond acceptors (Lipinski definition) is 1. The molecule has 0 saturated carbocycles. The summed E-state index contributed by atoms with van der Waals surface area (Å²) in [6, 6.07) is 11.9. The highest BCUT2D eigenvalue weighted by molar-refractivity contribution is 5.35. The van der Waals surface area contributed by atoms with Gasteiger partial charge in [-0.15, -0.1) is 0 Å². The number of benzene rings is 2. The van der Waals surface area contributed by atoms with Gasteiger partial charge in [-0.3, -0.25) is 0 Å². The van der Waals surface area contributed by atoms with E-state index in [1.165, 1.54) is 22.3 Å². The summed E-state index contributed by atoms with van der Waals surface area (Å²) in [6.45, 7) is 9.25. The normalized spacial score (nSPS) is 12.4. The van der Waals surface area contributed by atoms with E-state index in [1.54, 1.807) is 12.1 Å². The summed E-state index contributed by atoms with van der Waals surface area (Å²) in [5.41, 5.74) is 6.13. The Morgan fingerprint density at radius 1 is 1.00 bits per heavy atom. The molecule has 0 amide bonds. The van der Waals surface area contributed by atoms with Gasteiger partial charge in [-0.2, -0.15) is 0 Å². The fourth-order valence-corrected chi connectivity index (χ4v) is 2.81. The molecule has 0 aromatic heterocycles. The molecule has 1 unspecified atom stereocenters. The molecule has 2 heteroatoms. The second-order valence-electron chi connectivity index (χ2n) is 5.75. The number of likely N-dealkylation sites (N-methyl/N-ethyl adjacent to an activating group) is 1. The summed E-state index contributed by atoms with van der Waals surface area (Å²) < 4.78 is 13.3. The lowest BCUT2D eigenvalue weighted by Crippen LogP contribution is -2.24. The van der Waals surface area contributed by atoms with Crippen molar-refractivity contribution >= 4 is 0 Å². The van der Waals surface area contributed by atoms with Crippen molar-refractivity contribution in [2.45, 2.75) is 40.2 Å². The summed E-state index contributed by atoms with van der Waals surface area (Å²) in [4.78, 5) is 0. The van der Waals surface area contributed by atoms with E-state index in [9.17, 15) is 4.39 Å². The summed E-state index contributed by atoms with van der Waals surface area (Å²) >= 11 is 0. The van der Waals surface area contributed by atoms with Gasteiger partial charge in [-0.05, 0) is 68.1 Å². The minimum Gasteiger partial charge on any atom is -0.310 e. The van der Waals surface area contributed by atoms with Crippen molar-refractivity contribution in [3.05, 3.63) is 70.0 Å². The van der Waals surface area contributed by atoms with Crippen molar-refractivity contribution in [2.24, 2.45) is 0 Å². The summed E-state index contributed by atoms with van der Waals surface area (Å²) in [5, 5.41) is 3.53. The lowest BCUT2D eigenvalue weighted by molar-refractivity contribution is 0.543. The number of hydrogen-bond donors (Lipinski definition) is 1. The number of aryl methyl sites for hydroxylation is 3. The van der Waals surface area contributed by atoms with Crippen LogP contribution in [0.3, 0.4) is 0 Å².